The van der Waals surface area contributed by atoms with E-state index in [1.165, 1.54) is 18.2 Å². The highest BCUT2D eigenvalue weighted by Crippen LogP contribution is 2.24. The lowest BCUT2D eigenvalue weighted by Gasteiger charge is -2.33. The van der Waals surface area contributed by atoms with Gasteiger partial charge in [0.1, 0.15) is 5.82 Å². The Morgan fingerprint density at radius 1 is 1.28 bits per heavy atom. The van der Waals surface area contributed by atoms with Crippen LogP contribution >= 0.6 is 11.8 Å². The molecular weight excluding hydrogens is 336 g/mol. The van der Waals surface area contributed by atoms with Gasteiger partial charge in [0.25, 0.3) is 0 Å². The third kappa shape index (κ3) is 4.76. The van der Waals surface area contributed by atoms with E-state index in [1.807, 2.05) is 4.90 Å². The lowest BCUT2D eigenvalue weighted by Crippen LogP contribution is -2.43. The predicted octanol–water partition coefficient (Wildman–Crippen LogP) is 2.90. The van der Waals surface area contributed by atoms with E-state index < -0.39 is 0 Å². The van der Waals surface area contributed by atoms with Gasteiger partial charge in [0, 0.05) is 25.6 Å². The van der Waals surface area contributed by atoms with Crippen molar-refractivity contribution in [3.8, 4) is 0 Å². The van der Waals surface area contributed by atoms with E-state index in [9.17, 15) is 4.79 Å². The molecule has 0 saturated carbocycles. The molecule has 0 aliphatic carbocycles. The zero-order chi connectivity index (χ0) is 17.6. The Labute approximate surface area is 154 Å². The van der Waals surface area contributed by atoms with Crippen LogP contribution in [0, 0.1) is 0 Å². The minimum Gasteiger partial charge on any atom is -0.376 e. The van der Waals surface area contributed by atoms with Crippen LogP contribution in [-0.2, 0) is 22.5 Å². The normalized spacial score (nSPS) is 24.0. The highest BCUT2D eigenvalue weighted by atomic mass is 32.2. The summed E-state index contributed by atoms with van der Waals surface area (Å²) in [6.45, 7) is 6.85. The van der Waals surface area contributed by atoms with Crippen molar-refractivity contribution in [2.24, 2.45) is 0 Å². The molecule has 0 bridgehead atoms. The lowest BCUT2D eigenvalue weighted by molar-refractivity contribution is -0.131. The number of carbonyl (C=O) groups excluding carboxylic acids is 1. The van der Waals surface area contributed by atoms with Crippen molar-refractivity contribution in [3.05, 3.63) is 5.82 Å². The molecule has 7 heteroatoms. The molecule has 0 unspecified atom stereocenters. The van der Waals surface area contributed by atoms with Crippen LogP contribution in [0.15, 0.2) is 5.16 Å². The van der Waals surface area contributed by atoms with E-state index in [-0.39, 0.29) is 12.0 Å². The van der Waals surface area contributed by atoms with Gasteiger partial charge in [0.05, 0.1) is 18.4 Å². The molecule has 0 radical (unpaired) electrons. The van der Waals surface area contributed by atoms with Crippen LogP contribution in [0.1, 0.15) is 58.2 Å². The SMILES string of the molecule is CCCc1nnc(SCC(=O)N2CCCC[C@@H]2C)n1C[C@H]1CCCO1. The van der Waals surface area contributed by atoms with Gasteiger partial charge in [-0.3, -0.25) is 4.79 Å². The molecule has 0 spiro atoms. The number of carbonyl (C=O) groups is 1. The first-order chi connectivity index (χ1) is 12.2. The van der Waals surface area contributed by atoms with Crippen molar-refractivity contribution in [3.63, 3.8) is 0 Å². The largest absolute Gasteiger partial charge is 0.376 e. The number of piperidine rings is 1. The van der Waals surface area contributed by atoms with E-state index in [1.54, 1.807) is 0 Å². The van der Waals surface area contributed by atoms with Crippen LogP contribution in [0.25, 0.3) is 0 Å². The zero-order valence-electron chi connectivity index (χ0n) is 15.4. The third-order valence-electron chi connectivity index (χ3n) is 5.13. The molecule has 0 N–H and O–H groups in total. The summed E-state index contributed by atoms with van der Waals surface area (Å²) in [4.78, 5) is 14.6. The van der Waals surface area contributed by atoms with E-state index in [0.29, 0.717) is 11.8 Å². The summed E-state index contributed by atoms with van der Waals surface area (Å²) >= 11 is 1.52. The minimum atomic E-state index is 0.223. The molecule has 2 aliphatic rings. The molecule has 2 fully saturated rings. The molecule has 2 aliphatic heterocycles. The quantitative estimate of drug-likeness (QED) is 0.695. The Morgan fingerprint density at radius 3 is 2.88 bits per heavy atom. The number of nitrogens with zero attached hydrogens (tertiary/aromatic N) is 4. The summed E-state index contributed by atoms with van der Waals surface area (Å²) in [6.07, 6.45) is 7.90. The predicted molar refractivity (Wildman–Crippen MR) is 98.7 cm³/mol. The van der Waals surface area contributed by atoms with Crippen LogP contribution in [0.4, 0.5) is 0 Å². The van der Waals surface area contributed by atoms with Crippen molar-refractivity contribution in [1.82, 2.24) is 19.7 Å². The van der Waals surface area contributed by atoms with Crippen molar-refractivity contribution < 1.29 is 9.53 Å². The molecule has 1 aromatic heterocycles. The molecule has 0 aromatic carbocycles. The number of hydrogen-bond acceptors (Lipinski definition) is 5. The highest BCUT2D eigenvalue weighted by molar-refractivity contribution is 7.99. The molecule has 1 aromatic rings. The Morgan fingerprint density at radius 2 is 2.16 bits per heavy atom. The zero-order valence-corrected chi connectivity index (χ0v) is 16.3. The number of hydrogen-bond donors (Lipinski definition) is 0. The molecule has 3 rings (SSSR count). The van der Waals surface area contributed by atoms with E-state index in [2.05, 4.69) is 28.6 Å². The van der Waals surface area contributed by atoms with Crippen molar-refractivity contribution in [2.45, 2.75) is 82.6 Å². The van der Waals surface area contributed by atoms with Gasteiger partial charge in [0.2, 0.25) is 5.91 Å². The van der Waals surface area contributed by atoms with Crippen LogP contribution in [0.2, 0.25) is 0 Å². The monoisotopic (exact) mass is 366 g/mol. The van der Waals surface area contributed by atoms with Gasteiger partial charge in [-0.2, -0.15) is 0 Å². The Bertz CT molecular complexity index is 571. The van der Waals surface area contributed by atoms with Gasteiger partial charge in [-0.15, -0.1) is 10.2 Å². The minimum absolute atomic E-state index is 0.223. The summed E-state index contributed by atoms with van der Waals surface area (Å²) in [6, 6.07) is 0.363. The fraction of sp³-hybridized carbons (Fsp3) is 0.833. The maximum atomic E-state index is 12.6. The molecule has 140 valence electrons. The first-order valence-electron chi connectivity index (χ1n) is 9.65. The second kappa shape index (κ2) is 9.03. The average Bonchev–Trinajstić information content (AvgIpc) is 3.25. The van der Waals surface area contributed by atoms with Gasteiger partial charge < -0.3 is 14.2 Å². The molecular formula is C18H30N4O2S. The van der Waals surface area contributed by atoms with Gasteiger partial charge in [-0.25, -0.2) is 0 Å². The number of aryl methyl sites for hydroxylation is 1. The highest BCUT2D eigenvalue weighted by Gasteiger charge is 2.25. The number of thioether (sulfide) groups is 1. The molecule has 25 heavy (non-hydrogen) atoms. The number of aromatic nitrogens is 3. The van der Waals surface area contributed by atoms with Gasteiger partial charge in [-0.1, -0.05) is 18.7 Å². The Hall–Kier alpha value is -1.08. The summed E-state index contributed by atoms with van der Waals surface area (Å²) < 4.78 is 7.97. The topological polar surface area (TPSA) is 60.2 Å². The van der Waals surface area contributed by atoms with Gasteiger partial charge in [0.15, 0.2) is 5.16 Å². The van der Waals surface area contributed by atoms with Crippen LogP contribution in [-0.4, -0.2) is 56.6 Å². The number of ether oxygens (including phenoxy) is 1. The Kier molecular flexibility index (Phi) is 6.76. The maximum absolute atomic E-state index is 12.6. The first-order valence-corrected chi connectivity index (χ1v) is 10.6. The second-order valence-corrected chi connectivity index (χ2v) is 8.06. The average molecular weight is 367 g/mol. The van der Waals surface area contributed by atoms with Crippen LogP contribution < -0.4 is 0 Å². The second-order valence-electron chi connectivity index (χ2n) is 7.12. The van der Waals surface area contributed by atoms with E-state index in [4.69, 9.17) is 4.74 Å². The summed E-state index contributed by atoms with van der Waals surface area (Å²) in [5, 5.41) is 9.59. The van der Waals surface area contributed by atoms with Crippen molar-refractivity contribution >= 4 is 17.7 Å². The first kappa shape index (κ1) is 18.7. The standard InChI is InChI=1S/C18H30N4O2S/c1-3-7-16-19-20-18(22(16)12-15-9-6-11-24-15)25-13-17(23)21-10-5-4-8-14(21)2/h14-15H,3-13H2,1-2H3/t14-,15+/m0/s1. The van der Waals surface area contributed by atoms with Gasteiger partial charge >= 0.3 is 0 Å². The maximum Gasteiger partial charge on any atom is 0.233 e. The van der Waals surface area contributed by atoms with Crippen LogP contribution in [0.3, 0.4) is 0 Å². The lowest BCUT2D eigenvalue weighted by atomic mass is 10.0. The molecule has 3 heterocycles. The van der Waals surface area contributed by atoms with E-state index in [0.717, 1.165) is 69.2 Å². The number of rotatable bonds is 7. The fourth-order valence-electron chi connectivity index (χ4n) is 3.69. The molecule has 2 atom stereocenters. The molecule has 6 nitrogen and oxygen atoms in total. The smallest absolute Gasteiger partial charge is 0.233 e. The molecule has 2 saturated heterocycles. The Balaban J connectivity index is 1.63. The van der Waals surface area contributed by atoms with Crippen molar-refractivity contribution in [1.29, 1.82) is 0 Å². The number of likely N-dealkylation sites (tertiary alicyclic amines) is 1. The third-order valence-corrected chi connectivity index (χ3v) is 6.08. The summed E-state index contributed by atoms with van der Waals surface area (Å²) in [5.74, 6) is 1.68. The number of amides is 1. The van der Waals surface area contributed by atoms with E-state index >= 15 is 0 Å². The van der Waals surface area contributed by atoms with Gasteiger partial charge in [-0.05, 0) is 45.4 Å². The fourth-order valence-corrected chi connectivity index (χ4v) is 4.54. The van der Waals surface area contributed by atoms with Crippen molar-refractivity contribution in [2.75, 3.05) is 18.9 Å². The van der Waals surface area contributed by atoms with Crippen LogP contribution in [0.5, 0.6) is 0 Å². The molecule has 1 amide bonds. The summed E-state index contributed by atoms with van der Waals surface area (Å²) in [7, 11) is 0. The summed E-state index contributed by atoms with van der Waals surface area (Å²) in [5.41, 5.74) is 0.